The lowest BCUT2D eigenvalue weighted by Crippen LogP contribution is -2.48. The van der Waals surface area contributed by atoms with Crippen molar-refractivity contribution in [1.29, 1.82) is 0 Å². The SMILES string of the molecule is COc1cc2c3c(c4ccc(C)cc4c2cc1C)CN(C(=O)OC(C)(C)C)[C@H](CO)C3. The molecule has 1 atom stereocenters. The summed E-state index contributed by atoms with van der Waals surface area (Å²) >= 11 is 0. The Bertz CT molecular complexity index is 1180. The number of aliphatic hydroxyl groups is 1. The number of hydrogen-bond acceptors (Lipinski definition) is 4. The molecule has 1 heterocycles. The number of benzene rings is 3. The van der Waals surface area contributed by atoms with Crippen LogP contribution in [0, 0.1) is 13.8 Å². The molecule has 0 bridgehead atoms. The molecule has 1 aliphatic rings. The number of aryl methyl sites for hydroxylation is 2. The van der Waals surface area contributed by atoms with Crippen LogP contribution in [0.5, 0.6) is 5.75 Å². The highest BCUT2D eigenvalue weighted by Crippen LogP contribution is 2.40. The van der Waals surface area contributed by atoms with Gasteiger partial charge in [0.1, 0.15) is 11.4 Å². The third-order valence-corrected chi connectivity index (χ3v) is 6.06. The highest BCUT2D eigenvalue weighted by molar-refractivity contribution is 6.12. The van der Waals surface area contributed by atoms with Gasteiger partial charge in [0.25, 0.3) is 0 Å². The Kier molecular flexibility index (Phi) is 5.34. The molecule has 1 aliphatic heterocycles. The predicted octanol–water partition coefficient (Wildman–Crippen LogP) is 5.27. The van der Waals surface area contributed by atoms with Crippen molar-refractivity contribution in [2.24, 2.45) is 0 Å². The normalized spacial score (nSPS) is 16.5. The van der Waals surface area contributed by atoms with Gasteiger partial charge in [0, 0.05) is 0 Å². The molecule has 4 rings (SSSR count). The van der Waals surface area contributed by atoms with E-state index in [1.54, 1.807) is 12.0 Å². The third-order valence-electron chi connectivity index (χ3n) is 6.06. The Balaban J connectivity index is 1.97. The lowest BCUT2D eigenvalue weighted by molar-refractivity contribution is 0.00487. The average molecular weight is 422 g/mol. The summed E-state index contributed by atoms with van der Waals surface area (Å²) in [4.78, 5) is 14.6. The van der Waals surface area contributed by atoms with Crippen molar-refractivity contribution in [3.05, 3.63) is 52.6 Å². The molecule has 1 N–H and O–H groups in total. The van der Waals surface area contributed by atoms with E-state index in [4.69, 9.17) is 9.47 Å². The zero-order valence-electron chi connectivity index (χ0n) is 19.2. The lowest BCUT2D eigenvalue weighted by atomic mass is 9.84. The molecule has 3 aromatic rings. The van der Waals surface area contributed by atoms with Gasteiger partial charge in [0.05, 0.1) is 26.3 Å². The van der Waals surface area contributed by atoms with E-state index in [-0.39, 0.29) is 18.7 Å². The maximum atomic E-state index is 13.0. The molecule has 0 saturated heterocycles. The number of amides is 1. The van der Waals surface area contributed by atoms with Crippen LogP contribution in [0.1, 0.15) is 43.0 Å². The number of carbonyl (C=O) groups excluding carboxylic acids is 1. The maximum absolute atomic E-state index is 13.0. The number of fused-ring (bicyclic) bond motifs is 6. The topological polar surface area (TPSA) is 59.0 Å². The van der Waals surface area contributed by atoms with Crippen molar-refractivity contribution in [3.63, 3.8) is 0 Å². The summed E-state index contributed by atoms with van der Waals surface area (Å²) in [5.41, 5.74) is 3.97. The Labute approximate surface area is 183 Å². The van der Waals surface area contributed by atoms with E-state index in [0.29, 0.717) is 13.0 Å². The molecule has 0 fully saturated rings. The van der Waals surface area contributed by atoms with E-state index < -0.39 is 5.60 Å². The van der Waals surface area contributed by atoms with Crippen LogP contribution in [0.3, 0.4) is 0 Å². The summed E-state index contributed by atoms with van der Waals surface area (Å²) in [5.74, 6) is 0.844. The van der Waals surface area contributed by atoms with Gasteiger partial charge in [-0.05, 0) is 91.4 Å². The molecule has 0 saturated carbocycles. The molecular weight excluding hydrogens is 390 g/mol. The fraction of sp³-hybridized carbons (Fsp3) is 0.423. The number of rotatable bonds is 2. The number of methoxy groups -OCH3 is 1. The van der Waals surface area contributed by atoms with Crippen molar-refractivity contribution >= 4 is 27.6 Å². The van der Waals surface area contributed by atoms with Crippen LogP contribution in [0.15, 0.2) is 30.3 Å². The molecule has 3 aromatic carbocycles. The summed E-state index contributed by atoms with van der Waals surface area (Å²) in [5, 5.41) is 14.7. The molecule has 0 spiro atoms. The lowest BCUT2D eigenvalue weighted by Gasteiger charge is -2.38. The summed E-state index contributed by atoms with van der Waals surface area (Å²) in [6, 6.07) is 10.4. The number of hydrogen-bond donors (Lipinski definition) is 1. The Morgan fingerprint density at radius 3 is 2.42 bits per heavy atom. The van der Waals surface area contributed by atoms with E-state index in [2.05, 4.69) is 44.2 Å². The monoisotopic (exact) mass is 421 g/mol. The second-order valence-electron chi connectivity index (χ2n) is 9.52. The first kappa shape index (κ1) is 21.4. The molecular formula is C26H31NO4. The van der Waals surface area contributed by atoms with Crippen molar-refractivity contribution < 1.29 is 19.4 Å². The summed E-state index contributed by atoms with van der Waals surface area (Å²) in [6.07, 6.45) is 0.177. The van der Waals surface area contributed by atoms with Gasteiger partial charge in [0.2, 0.25) is 0 Å². The van der Waals surface area contributed by atoms with Gasteiger partial charge < -0.3 is 14.6 Å². The minimum Gasteiger partial charge on any atom is -0.496 e. The molecule has 164 valence electrons. The first-order valence-electron chi connectivity index (χ1n) is 10.8. The van der Waals surface area contributed by atoms with Crippen LogP contribution < -0.4 is 4.74 Å². The Hall–Kier alpha value is -2.79. The van der Waals surface area contributed by atoms with Crippen molar-refractivity contribution in [3.8, 4) is 5.75 Å². The fourth-order valence-electron chi connectivity index (χ4n) is 4.61. The van der Waals surface area contributed by atoms with Crippen molar-refractivity contribution in [1.82, 2.24) is 4.90 Å². The first-order valence-corrected chi connectivity index (χ1v) is 10.8. The van der Waals surface area contributed by atoms with Gasteiger partial charge in [-0.15, -0.1) is 0 Å². The zero-order chi connectivity index (χ0) is 22.5. The minimum atomic E-state index is -0.592. The van der Waals surface area contributed by atoms with Crippen LogP contribution in [0.25, 0.3) is 21.5 Å². The molecule has 0 unspecified atom stereocenters. The minimum absolute atomic E-state index is 0.116. The van der Waals surface area contributed by atoms with Gasteiger partial charge in [-0.3, -0.25) is 4.90 Å². The van der Waals surface area contributed by atoms with Crippen molar-refractivity contribution in [2.75, 3.05) is 13.7 Å². The standard InChI is InChI=1S/C26H31NO4/c1-15-7-8-18-19(9-15)20-10-16(2)24(30-6)12-22(20)21-11-17(14-28)27(13-23(18)21)25(29)31-26(3,4)5/h7-10,12,17,28H,11,13-14H2,1-6H3/t17-/m0/s1. The second-order valence-corrected chi connectivity index (χ2v) is 9.52. The number of ether oxygens (including phenoxy) is 2. The van der Waals surface area contributed by atoms with Crippen LogP contribution in [0.2, 0.25) is 0 Å². The van der Waals surface area contributed by atoms with Crippen LogP contribution in [0.4, 0.5) is 4.79 Å². The summed E-state index contributed by atoms with van der Waals surface area (Å²) < 4.78 is 11.3. The summed E-state index contributed by atoms with van der Waals surface area (Å²) in [7, 11) is 1.69. The number of nitrogens with zero attached hydrogens (tertiary/aromatic N) is 1. The molecule has 0 radical (unpaired) electrons. The van der Waals surface area contributed by atoms with Gasteiger partial charge in [-0.25, -0.2) is 4.79 Å². The van der Waals surface area contributed by atoms with Gasteiger partial charge in [-0.2, -0.15) is 0 Å². The molecule has 1 amide bonds. The zero-order valence-corrected chi connectivity index (χ0v) is 19.2. The van der Waals surface area contributed by atoms with E-state index >= 15 is 0 Å². The Morgan fingerprint density at radius 1 is 1.06 bits per heavy atom. The largest absolute Gasteiger partial charge is 0.496 e. The second kappa shape index (κ2) is 7.72. The van der Waals surface area contributed by atoms with Crippen LogP contribution >= 0.6 is 0 Å². The van der Waals surface area contributed by atoms with E-state index in [1.807, 2.05) is 20.8 Å². The Morgan fingerprint density at radius 2 is 1.77 bits per heavy atom. The number of aliphatic hydroxyl groups excluding tert-OH is 1. The van der Waals surface area contributed by atoms with Gasteiger partial charge in [0.15, 0.2) is 0 Å². The third kappa shape index (κ3) is 3.83. The van der Waals surface area contributed by atoms with Gasteiger partial charge in [-0.1, -0.05) is 23.8 Å². The fourth-order valence-corrected chi connectivity index (χ4v) is 4.61. The van der Waals surface area contributed by atoms with Crippen molar-refractivity contribution in [2.45, 2.75) is 59.2 Å². The van der Waals surface area contributed by atoms with E-state index in [0.717, 1.165) is 27.6 Å². The number of carbonyl (C=O) groups is 1. The van der Waals surface area contributed by atoms with Crippen LogP contribution in [-0.4, -0.2) is 41.5 Å². The quantitative estimate of drug-likeness (QED) is 0.573. The van der Waals surface area contributed by atoms with E-state index in [9.17, 15) is 9.90 Å². The molecule has 31 heavy (non-hydrogen) atoms. The molecule has 0 aliphatic carbocycles. The average Bonchev–Trinajstić information content (AvgIpc) is 2.71. The summed E-state index contributed by atoms with van der Waals surface area (Å²) in [6.45, 7) is 10.0. The maximum Gasteiger partial charge on any atom is 0.410 e. The van der Waals surface area contributed by atoms with E-state index in [1.165, 1.54) is 21.9 Å². The molecule has 5 heteroatoms. The highest BCUT2D eigenvalue weighted by atomic mass is 16.6. The highest BCUT2D eigenvalue weighted by Gasteiger charge is 2.34. The molecule has 0 aromatic heterocycles. The van der Waals surface area contributed by atoms with Gasteiger partial charge >= 0.3 is 6.09 Å². The van der Waals surface area contributed by atoms with Crippen LogP contribution in [-0.2, 0) is 17.7 Å². The predicted molar refractivity (Wildman–Crippen MR) is 124 cm³/mol. The molecule has 5 nitrogen and oxygen atoms in total. The first-order chi connectivity index (χ1) is 14.6. The smallest absolute Gasteiger partial charge is 0.410 e.